The van der Waals surface area contributed by atoms with Gasteiger partial charge < -0.3 is 10.1 Å². The van der Waals surface area contributed by atoms with E-state index in [0.717, 1.165) is 39.3 Å². The Kier molecular flexibility index (Phi) is 4.83. The minimum Gasteiger partial charge on any atom is -0.439 e. The summed E-state index contributed by atoms with van der Waals surface area (Å²) in [6, 6.07) is 4.00. The summed E-state index contributed by atoms with van der Waals surface area (Å²) < 4.78 is 7.09. The summed E-state index contributed by atoms with van der Waals surface area (Å²) in [6.45, 7) is 10.8. The van der Waals surface area contributed by atoms with Crippen LogP contribution in [0.1, 0.15) is 29.4 Å². The molecule has 2 aromatic rings. The van der Waals surface area contributed by atoms with Crippen LogP contribution in [0.5, 0.6) is 11.6 Å². The van der Waals surface area contributed by atoms with Crippen LogP contribution in [-0.2, 0) is 0 Å². The Morgan fingerprint density at radius 2 is 1.71 bits per heavy atom. The summed E-state index contributed by atoms with van der Waals surface area (Å²) in [6.07, 6.45) is 0. The topological polar surface area (TPSA) is 47.0 Å². The lowest BCUT2D eigenvalue weighted by molar-refractivity contribution is 0.455. The fraction of sp³-hybridized carbons (Fsp3) is 0.375. The van der Waals surface area contributed by atoms with Crippen LogP contribution in [0.2, 0.25) is 0 Å². The lowest BCUT2D eigenvalue weighted by Gasteiger charge is -2.14. The number of hydrogen-bond acceptors (Lipinski definition) is 4. The van der Waals surface area contributed by atoms with Crippen molar-refractivity contribution in [2.45, 2.75) is 34.6 Å². The van der Waals surface area contributed by atoms with Crippen LogP contribution in [0, 0.1) is 27.7 Å². The second-order valence-corrected chi connectivity index (χ2v) is 5.85. The fourth-order valence-electron chi connectivity index (χ4n) is 2.12. The van der Waals surface area contributed by atoms with Gasteiger partial charge in [-0.2, -0.15) is 4.98 Å². The zero-order chi connectivity index (χ0) is 15.6. The quantitative estimate of drug-likeness (QED) is 0.869. The van der Waals surface area contributed by atoms with Crippen molar-refractivity contribution in [2.75, 3.05) is 11.9 Å². The maximum absolute atomic E-state index is 5.98. The Balaban J connectivity index is 2.39. The molecule has 1 N–H and O–H groups in total. The van der Waals surface area contributed by atoms with Gasteiger partial charge in [-0.25, -0.2) is 4.98 Å². The molecule has 1 heterocycles. The monoisotopic (exact) mass is 349 g/mol. The Morgan fingerprint density at radius 1 is 1.10 bits per heavy atom. The van der Waals surface area contributed by atoms with Crippen molar-refractivity contribution in [1.82, 2.24) is 9.97 Å². The molecule has 112 valence electrons. The van der Waals surface area contributed by atoms with Crippen molar-refractivity contribution in [3.05, 3.63) is 39.1 Å². The van der Waals surface area contributed by atoms with Crippen molar-refractivity contribution >= 4 is 21.7 Å². The van der Waals surface area contributed by atoms with Gasteiger partial charge in [0.15, 0.2) is 0 Å². The first-order chi connectivity index (χ1) is 9.92. The van der Waals surface area contributed by atoms with Gasteiger partial charge in [0.25, 0.3) is 0 Å². The van der Waals surface area contributed by atoms with E-state index in [1.165, 1.54) is 0 Å². The number of aromatic nitrogens is 2. The number of benzene rings is 1. The molecule has 0 radical (unpaired) electrons. The van der Waals surface area contributed by atoms with E-state index in [4.69, 9.17) is 4.74 Å². The Hall–Kier alpha value is -1.62. The standard InChI is InChI=1S/C16H20BrN3O/c1-6-18-15-11(4)16(20-12(5)19-15)21-13-7-9(2)14(17)10(3)8-13/h7-8H,6H2,1-5H3,(H,18,19,20). The molecule has 1 aromatic heterocycles. The van der Waals surface area contributed by atoms with Crippen LogP contribution in [0.15, 0.2) is 16.6 Å². The predicted molar refractivity (Wildman–Crippen MR) is 89.4 cm³/mol. The molecule has 0 aliphatic heterocycles. The molecule has 0 aliphatic rings. The van der Waals surface area contributed by atoms with Crippen LogP contribution in [0.25, 0.3) is 0 Å². The van der Waals surface area contributed by atoms with Gasteiger partial charge in [0.2, 0.25) is 5.88 Å². The summed E-state index contributed by atoms with van der Waals surface area (Å²) in [5, 5.41) is 3.24. The fourth-order valence-corrected chi connectivity index (χ4v) is 2.35. The third kappa shape index (κ3) is 3.53. The Labute approximate surface area is 134 Å². The maximum Gasteiger partial charge on any atom is 0.227 e. The van der Waals surface area contributed by atoms with E-state index < -0.39 is 0 Å². The lowest BCUT2D eigenvalue weighted by atomic mass is 10.1. The number of halogens is 1. The minimum atomic E-state index is 0.597. The van der Waals surface area contributed by atoms with Gasteiger partial charge in [0.1, 0.15) is 17.4 Å². The van der Waals surface area contributed by atoms with E-state index in [-0.39, 0.29) is 0 Å². The van der Waals surface area contributed by atoms with Gasteiger partial charge in [0, 0.05) is 11.0 Å². The van der Waals surface area contributed by atoms with E-state index in [2.05, 4.69) is 31.2 Å². The van der Waals surface area contributed by atoms with Crippen molar-refractivity contribution < 1.29 is 4.74 Å². The van der Waals surface area contributed by atoms with E-state index in [0.29, 0.717) is 11.7 Å². The second kappa shape index (κ2) is 6.43. The van der Waals surface area contributed by atoms with E-state index in [9.17, 15) is 0 Å². The molecule has 0 amide bonds. The molecule has 21 heavy (non-hydrogen) atoms. The van der Waals surface area contributed by atoms with Crippen LogP contribution in [-0.4, -0.2) is 16.5 Å². The summed E-state index contributed by atoms with van der Waals surface area (Å²) in [7, 11) is 0. The van der Waals surface area contributed by atoms with Gasteiger partial charge in [-0.05, 0) is 57.9 Å². The third-order valence-electron chi connectivity index (χ3n) is 3.18. The number of ether oxygens (including phenoxy) is 1. The summed E-state index contributed by atoms with van der Waals surface area (Å²) >= 11 is 3.57. The lowest BCUT2D eigenvalue weighted by Crippen LogP contribution is -2.06. The smallest absolute Gasteiger partial charge is 0.227 e. The molecule has 0 bridgehead atoms. The molecule has 0 aliphatic carbocycles. The highest BCUT2D eigenvalue weighted by atomic mass is 79.9. The van der Waals surface area contributed by atoms with E-state index in [1.807, 2.05) is 46.8 Å². The van der Waals surface area contributed by atoms with Crippen molar-refractivity contribution in [3.63, 3.8) is 0 Å². The first-order valence-electron chi connectivity index (χ1n) is 6.96. The average molecular weight is 350 g/mol. The van der Waals surface area contributed by atoms with E-state index >= 15 is 0 Å². The third-order valence-corrected chi connectivity index (χ3v) is 4.43. The number of nitrogens with one attached hydrogen (secondary N) is 1. The maximum atomic E-state index is 5.98. The Bertz CT molecular complexity index is 648. The molecule has 1 aromatic carbocycles. The highest BCUT2D eigenvalue weighted by Crippen LogP contribution is 2.31. The van der Waals surface area contributed by atoms with Gasteiger partial charge in [0.05, 0.1) is 5.56 Å². The second-order valence-electron chi connectivity index (χ2n) is 5.05. The molecular weight excluding hydrogens is 330 g/mol. The molecule has 0 spiro atoms. The Morgan fingerprint density at radius 3 is 2.29 bits per heavy atom. The molecule has 0 unspecified atom stereocenters. The molecule has 4 nitrogen and oxygen atoms in total. The summed E-state index contributed by atoms with van der Waals surface area (Å²) in [4.78, 5) is 8.81. The normalized spacial score (nSPS) is 10.6. The summed E-state index contributed by atoms with van der Waals surface area (Å²) in [5.41, 5.74) is 3.20. The van der Waals surface area contributed by atoms with Crippen LogP contribution < -0.4 is 10.1 Å². The van der Waals surface area contributed by atoms with Crippen molar-refractivity contribution in [1.29, 1.82) is 0 Å². The average Bonchev–Trinajstić information content (AvgIpc) is 2.41. The van der Waals surface area contributed by atoms with Crippen molar-refractivity contribution in [2.24, 2.45) is 0 Å². The zero-order valence-corrected chi connectivity index (χ0v) is 14.6. The van der Waals surface area contributed by atoms with Crippen LogP contribution in [0.4, 0.5) is 5.82 Å². The summed E-state index contributed by atoms with van der Waals surface area (Å²) in [5.74, 6) is 2.90. The van der Waals surface area contributed by atoms with E-state index in [1.54, 1.807) is 0 Å². The first-order valence-corrected chi connectivity index (χ1v) is 7.75. The number of rotatable bonds is 4. The molecule has 0 fully saturated rings. The van der Waals surface area contributed by atoms with Crippen LogP contribution in [0.3, 0.4) is 0 Å². The molecule has 0 saturated heterocycles. The molecule has 5 heteroatoms. The molecule has 0 saturated carbocycles. The number of hydrogen-bond donors (Lipinski definition) is 1. The minimum absolute atomic E-state index is 0.597. The van der Waals surface area contributed by atoms with Gasteiger partial charge >= 0.3 is 0 Å². The highest BCUT2D eigenvalue weighted by molar-refractivity contribution is 9.10. The van der Waals surface area contributed by atoms with Gasteiger partial charge in [-0.1, -0.05) is 15.9 Å². The first kappa shape index (κ1) is 15.8. The highest BCUT2D eigenvalue weighted by Gasteiger charge is 2.12. The van der Waals surface area contributed by atoms with Gasteiger partial charge in [-0.15, -0.1) is 0 Å². The number of anilines is 1. The largest absolute Gasteiger partial charge is 0.439 e. The SMILES string of the molecule is CCNc1nc(C)nc(Oc2cc(C)c(Br)c(C)c2)c1C. The molecule has 2 rings (SSSR count). The zero-order valence-electron chi connectivity index (χ0n) is 13.0. The predicted octanol–water partition coefficient (Wildman–Crippen LogP) is 4.70. The van der Waals surface area contributed by atoms with Crippen molar-refractivity contribution in [3.8, 4) is 11.6 Å². The van der Waals surface area contributed by atoms with Gasteiger partial charge in [-0.3, -0.25) is 0 Å². The molecular formula is C16H20BrN3O. The molecule has 0 atom stereocenters. The van der Waals surface area contributed by atoms with Crippen LogP contribution >= 0.6 is 15.9 Å². The number of aryl methyl sites for hydroxylation is 3. The number of nitrogens with zero attached hydrogens (tertiary/aromatic N) is 2.